The summed E-state index contributed by atoms with van der Waals surface area (Å²) in [5.41, 5.74) is 1.48. The molecule has 0 amide bonds. The molecule has 0 bridgehead atoms. The zero-order valence-electron chi connectivity index (χ0n) is 5.45. The highest BCUT2D eigenvalue weighted by Crippen LogP contribution is 2.22. The molecule has 1 rings (SSSR count). The minimum absolute atomic E-state index is 0.0532. The van der Waals surface area contributed by atoms with E-state index in [9.17, 15) is 4.39 Å². The van der Waals surface area contributed by atoms with Crippen molar-refractivity contribution in [3.05, 3.63) is 35.7 Å². The lowest BCUT2D eigenvalue weighted by Gasteiger charge is -2.06. The van der Waals surface area contributed by atoms with Crippen LogP contribution in [0.1, 0.15) is 13.3 Å². The van der Waals surface area contributed by atoms with Crippen LogP contribution < -0.4 is 0 Å². The Morgan fingerprint density at radius 2 is 2.33 bits per heavy atom. The van der Waals surface area contributed by atoms with Crippen molar-refractivity contribution in [2.24, 2.45) is 0 Å². The summed E-state index contributed by atoms with van der Waals surface area (Å²) >= 11 is 0. The summed E-state index contributed by atoms with van der Waals surface area (Å²) in [5, 5.41) is 0. The Balaban J connectivity index is 2.92. The Hall–Kier alpha value is -0.850. The smallest absolute Gasteiger partial charge is 0.107 e. The minimum Gasteiger partial charge on any atom is -0.211 e. The molecule has 9 heavy (non-hydrogen) atoms. The van der Waals surface area contributed by atoms with Gasteiger partial charge < -0.3 is 0 Å². The van der Waals surface area contributed by atoms with Gasteiger partial charge in [-0.3, -0.25) is 0 Å². The highest BCUT2D eigenvalue weighted by molar-refractivity contribution is 5.41. The Labute approximate surface area is 54.4 Å². The lowest BCUT2D eigenvalue weighted by Crippen LogP contribution is -1.89. The molecular weight excluding hydrogens is 115 g/mol. The maximum atomic E-state index is 12.6. The molecule has 1 aliphatic rings. The molecule has 0 atom stereocenters. The predicted octanol–water partition coefficient (Wildman–Crippen LogP) is 2.75. The third-order valence-electron chi connectivity index (χ3n) is 1.50. The lowest BCUT2D eigenvalue weighted by atomic mass is 10.0. The van der Waals surface area contributed by atoms with Crippen molar-refractivity contribution in [2.45, 2.75) is 13.3 Å². The molecule has 0 radical (unpaired) electrons. The number of halogens is 1. The first-order chi connectivity index (χ1) is 4.22. The lowest BCUT2D eigenvalue weighted by molar-refractivity contribution is 0.604. The molecule has 0 fully saturated rings. The SMILES string of the molecule is C=C1C=CCC(F)=C1C. The highest BCUT2D eigenvalue weighted by Gasteiger charge is 2.05. The van der Waals surface area contributed by atoms with Crippen LogP contribution >= 0.6 is 0 Å². The van der Waals surface area contributed by atoms with Crippen molar-refractivity contribution in [3.8, 4) is 0 Å². The van der Waals surface area contributed by atoms with Gasteiger partial charge in [-0.05, 0) is 18.1 Å². The zero-order valence-corrected chi connectivity index (χ0v) is 5.45. The first-order valence-corrected chi connectivity index (χ1v) is 2.93. The van der Waals surface area contributed by atoms with Crippen molar-refractivity contribution in [1.29, 1.82) is 0 Å². The zero-order chi connectivity index (χ0) is 6.85. The van der Waals surface area contributed by atoms with Crippen molar-refractivity contribution < 1.29 is 4.39 Å². The molecule has 0 aliphatic heterocycles. The van der Waals surface area contributed by atoms with E-state index in [0.717, 1.165) is 5.57 Å². The van der Waals surface area contributed by atoms with Crippen LogP contribution in [0.25, 0.3) is 0 Å². The standard InChI is InChI=1S/C8H9F/c1-6-4-3-5-8(9)7(6)2/h3-4H,1,5H2,2H3. The van der Waals surface area contributed by atoms with Crippen LogP contribution in [0.15, 0.2) is 35.7 Å². The predicted molar refractivity (Wildman–Crippen MR) is 36.7 cm³/mol. The van der Waals surface area contributed by atoms with E-state index < -0.39 is 0 Å². The maximum absolute atomic E-state index is 12.6. The van der Waals surface area contributed by atoms with E-state index in [-0.39, 0.29) is 5.83 Å². The summed E-state index contributed by atoms with van der Waals surface area (Å²) in [6.45, 7) is 5.41. The Bertz CT molecular complexity index is 197. The first-order valence-electron chi connectivity index (χ1n) is 2.93. The number of hydrogen-bond donors (Lipinski definition) is 0. The van der Waals surface area contributed by atoms with Crippen molar-refractivity contribution in [1.82, 2.24) is 0 Å². The van der Waals surface area contributed by atoms with Gasteiger partial charge in [-0.2, -0.15) is 0 Å². The van der Waals surface area contributed by atoms with E-state index in [4.69, 9.17) is 0 Å². The van der Waals surface area contributed by atoms with Crippen molar-refractivity contribution in [2.75, 3.05) is 0 Å². The van der Waals surface area contributed by atoms with Crippen molar-refractivity contribution in [3.63, 3.8) is 0 Å². The van der Waals surface area contributed by atoms with Gasteiger partial charge in [0.15, 0.2) is 0 Å². The van der Waals surface area contributed by atoms with Gasteiger partial charge >= 0.3 is 0 Å². The van der Waals surface area contributed by atoms with E-state index in [1.165, 1.54) is 0 Å². The van der Waals surface area contributed by atoms with Gasteiger partial charge in [0, 0.05) is 6.42 Å². The summed E-state index contributed by atoms with van der Waals surface area (Å²) in [6.07, 6.45) is 4.06. The molecule has 0 aromatic carbocycles. The molecule has 0 spiro atoms. The van der Waals surface area contributed by atoms with E-state index in [0.29, 0.717) is 12.0 Å². The quantitative estimate of drug-likeness (QED) is 0.465. The summed E-state index contributed by atoms with van der Waals surface area (Å²) in [7, 11) is 0. The summed E-state index contributed by atoms with van der Waals surface area (Å²) < 4.78 is 12.6. The average molecular weight is 124 g/mol. The number of allylic oxidation sites excluding steroid dienone is 5. The minimum atomic E-state index is -0.0532. The van der Waals surface area contributed by atoms with Gasteiger partial charge in [0.25, 0.3) is 0 Å². The largest absolute Gasteiger partial charge is 0.211 e. The van der Waals surface area contributed by atoms with Crippen LogP contribution in [0.5, 0.6) is 0 Å². The molecule has 0 saturated heterocycles. The van der Waals surface area contributed by atoms with Crippen LogP contribution in [0.4, 0.5) is 4.39 Å². The molecule has 0 N–H and O–H groups in total. The Morgan fingerprint density at radius 3 is 2.78 bits per heavy atom. The molecule has 0 heterocycles. The Morgan fingerprint density at radius 1 is 1.67 bits per heavy atom. The molecule has 1 heteroatoms. The van der Waals surface area contributed by atoms with Crippen molar-refractivity contribution >= 4 is 0 Å². The van der Waals surface area contributed by atoms with Gasteiger partial charge in [-0.25, -0.2) is 4.39 Å². The first kappa shape index (κ1) is 6.27. The third-order valence-corrected chi connectivity index (χ3v) is 1.50. The van der Waals surface area contributed by atoms with Crippen LogP contribution in [-0.2, 0) is 0 Å². The molecule has 0 saturated carbocycles. The fourth-order valence-electron chi connectivity index (χ4n) is 0.757. The summed E-state index contributed by atoms with van der Waals surface area (Å²) in [6, 6.07) is 0. The van der Waals surface area contributed by atoms with E-state index in [1.807, 2.05) is 6.08 Å². The number of hydrogen-bond acceptors (Lipinski definition) is 0. The second kappa shape index (κ2) is 2.18. The van der Waals surface area contributed by atoms with E-state index in [2.05, 4.69) is 6.58 Å². The second-order valence-electron chi connectivity index (χ2n) is 2.16. The molecule has 48 valence electrons. The molecule has 1 aliphatic carbocycles. The molecular formula is C8H9F. The van der Waals surface area contributed by atoms with Crippen LogP contribution in [-0.4, -0.2) is 0 Å². The molecule has 0 nitrogen and oxygen atoms in total. The molecule has 0 aromatic heterocycles. The van der Waals surface area contributed by atoms with Crippen LogP contribution in [0, 0.1) is 0 Å². The second-order valence-corrected chi connectivity index (χ2v) is 2.16. The van der Waals surface area contributed by atoms with Gasteiger partial charge in [-0.15, -0.1) is 0 Å². The highest BCUT2D eigenvalue weighted by atomic mass is 19.1. The molecule has 0 unspecified atom stereocenters. The van der Waals surface area contributed by atoms with E-state index in [1.54, 1.807) is 13.0 Å². The van der Waals surface area contributed by atoms with Gasteiger partial charge in [-0.1, -0.05) is 18.7 Å². The fourth-order valence-corrected chi connectivity index (χ4v) is 0.757. The normalized spacial score (nSPS) is 19.1. The van der Waals surface area contributed by atoms with Crippen LogP contribution in [0.3, 0.4) is 0 Å². The maximum Gasteiger partial charge on any atom is 0.107 e. The fraction of sp³-hybridized carbons (Fsp3) is 0.250. The molecule has 0 aromatic rings. The topological polar surface area (TPSA) is 0 Å². The summed E-state index contributed by atoms with van der Waals surface area (Å²) in [5.74, 6) is -0.0532. The summed E-state index contributed by atoms with van der Waals surface area (Å²) in [4.78, 5) is 0. The average Bonchev–Trinajstić information content (AvgIpc) is 1.83. The third kappa shape index (κ3) is 1.10. The van der Waals surface area contributed by atoms with Crippen LogP contribution in [0.2, 0.25) is 0 Å². The number of rotatable bonds is 0. The monoisotopic (exact) mass is 124 g/mol. The van der Waals surface area contributed by atoms with Gasteiger partial charge in [0.05, 0.1) is 0 Å². The van der Waals surface area contributed by atoms with E-state index >= 15 is 0 Å². The Kier molecular flexibility index (Phi) is 1.52. The van der Waals surface area contributed by atoms with Gasteiger partial charge in [0.2, 0.25) is 0 Å². The van der Waals surface area contributed by atoms with Gasteiger partial charge in [0.1, 0.15) is 5.83 Å².